The van der Waals surface area contributed by atoms with Crippen LogP contribution in [0.2, 0.25) is 0 Å². The summed E-state index contributed by atoms with van der Waals surface area (Å²) in [5.41, 5.74) is 6.46. The van der Waals surface area contributed by atoms with Gasteiger partial charge in [-0.15, -0.1) is 0 Å². The van der Waals surface area contributed by atoms with Crippen molar-refractivity contribution in [2.75, 3.05) is 6.54 Å². The average molecular weight is 323 g/mol. The van der Waals surface area contributed by atoms with Crippen molar-refractivity contribution in [1.29, 1.82) is 0 Å². The largest absolute Gasteiger partial charge is 0.504 e. The first-order valence-electron chi connectivity index (χ1n) is 8.96. The van der Waals surface area contributed by atoms with Crippen LogP contribution in [0.25, 0.3) is 0 Å². The van der Waals surface area contributed by atoms with Crippen LogP contribution >= 0.6 is 0 Å². The van der Waals surface area contributed by atoms with Crippen LogP contribution in [0.1, 0.15) is 53.5 Å². The van der Waals surface area contributed by atoms with E-state index in [9.17, 15) is 10.2 Å². The van der Waals surface area contributed by atoms with Crippen molar-refractivity contribution < 1.29 is 10.2 Å². The molecule has 24 heavy (non-hydrogen) atoms. The monoisotopic (exact) mass is 323 g/mol. The Hall–Kier alpha value is -2.00. The topological polar surface area (TPSA) is 43.7 Å². The molecular formula is C21H25NO2. The Morgan fingerprint density at radius 2 is 1.83 bits per heavy atom. The number of benzene rings is 2. The van der Waals surface area contributed by atoms with Crippen LogP contribution in [0.4, 0.5) is 0 Å². The van der Waals surface area contributed by atoms with Crippen molar-refractivity contribution in [3.05, 3.63) is 58.1 Å². The molecule has 0 spiro atoms. The SMILES string of the molecule is CCCN1Cc2cc(C)ccc2[C@H]2c3cc(O)c(O)cc3CC[C@@H]21. The Morgan fingerprint density at radius 3 is 2.62 bits per heavy atom. The lowest BCUT2D eigenvalue weighted by Crippen LogP contribution is -2.46. The Bertz CT molecular complexity index is 784. The van der Waals surface area contributed by atoms with E-state index in [1.807, 2.05) is 0 Å². The lowest BCUT2D eigenvalue weighted by atomic mass is 9.71. The molecule has 126 valence electrons. The minimum absolute atomic E-state index is 0.00227. The molecule has 1 heterocycles. The second-order valence-electron chi connectivity index (χ2n) is 7.30. The number of hydrogen-bond donors (Lipinski definition) is 2. The van der Waals surface area contributed by atoms with Gasteiger partial charge < -0.3 is 10.2 Å². The number of phenols is 2. The number of phenolic OH excluding ortho intramolecular Hbond substituents is 2. The number of aryl methyl sites for hydroxylation is 2. The van der Waals surface area contributed by atoms with E-state index >= 15 is 0 Å². The Morgan fingerprint density at radius 1 is 1.04 bits per heavy atom. The maximum atomic E-state index is 10.1. The van der Waals surface area contributed by atoms with Crippen molar-refractivity contribution in [2.45, 2.75) is 51.6 Å². The number of rotatable bonds is 2. The zero-order valence-electron chi connectivity index (χ0n) is 14.4. The first-order valence-corrected chi connectivity index (χ1v) is 8.96. The van der Waals surface area contributed by atoms with E-state index in [4.69, 9.17) is 0 Å². The fourth-order valence-corrected chi connectivity index (χ4v) is 4.63. The third-order valence-electron chi connectivity index (χ3n) is 5.65. The molecule has 0 saturated carbocycles. The summed E-state index contributed by atoms with van der Waals surface area (Å²) in [7, 11) is 0. The van der Waals surface area contributed by atoms with Gasteiger partial charge in [-0.05, 0) is 67.1 Å². The Labute approximate surface area is 143 Å². The van der Waals surface area contributed by atoms with Crippen molar-refractivity contribution in [3.63, 3.8) is 0 Å². The molecule has 0 fully saturated rings. The molecule has 2 atom stereocenters. The quantitative estimate of drug-likeness (QED) is 0.819. The minimum Gasteiger partial charge on any atom is -0.504 e. The van der Waals surface area contributed by atoms with E-state index in [0.29, 0.717) is 6.04 Å². The van der Waals surface area contributed by atoms with E-state index in [1.165, 1.54) is 27.8 Å². The number of aromatic hydroxyl groups is 2. The van der Waals surface area contributed by atoms with Crippen molar-refractivity contribution in [2.24, 2.45) is 0 Å². The number of nitrogens with zero attached hydrogens (tertiary/aromatic N) is 1. The van der Waals surface area contributed by atoms with Gasteiger partial charge >= 0.3 is 0 Å². The highest BCUT2D eigenvalue weighted by molar-refractivity contribution is 5.53. The molecule has 3 heteroatoms. The molecule has 1 aliphatic carbocycles. The van der Waals surface area contributed by atoms with Gasteiger partial charge in [-0.2, -0.15) is 0 Å². The Kier molecular flexibility index (Phi) is 3.76. The van der Waals surface area contributed by atoms with Crippen LogP contribution in [-0.4, -0.2) is 27.7 Å². The first-order chi connectivity index (χ1) is 11.6. The van der Waals surface area contributed by atoms with Gasteiger partial charge in [0.1, 0.15) is 0 Å². The molecule has 0 aromatic heterocycles. The van der Waals surface area contributed by atoms with Gasteiger partial charge in [0.15, 0.2) is 11.5 Å². The predicted molar refractivity (Wildman–Crippen MR) is 95.6 cm³/mol. The summed E-state index contributed by atoms with van der Waals surface area (Å²) in [6.07, 6.45) is 3.22. The molecule has 4 rings (SSSR count). The van der Waals surface area contributed by atoms with Crippen molar-refractivity contribution in [1.82, 2.24) is 4.90 Å². The van der Waals surface area contributed by atoms with Gasteiger partial charge in [-0.3, -0.25) is 4.90 Å². The zero-order valence-corrected chi connectivity index (χ0v) is 14.4. The average Bonchev–Trinajstić information content (AvgIpc) is 2.55. The van der Waals surface area contributed by atoms with Gasteiger partial charge in [0.25, 0.3) is 0 Å². The third-order valence-corrected chi connectivity index (χ3v) is 5.65. The third kappa shape index (κ3) is 2.39. The summed E-state index contributed by atoms with van der Waals surface area (Å²) in [4.78, 5) is 2.61. The summed E-state index contributed by atoms with van der Waals surface area (Å²) < 4.78 is 0. The smallest absolute Gasteiger partial charge is 0.157 e. The highest BCUT2D eigenvalue weighted by atomic mass is 16.3. The molecule has 0 radical (unpaired) electrons. The summed E-state index contributed by atoms with van der Waals surface area (Å²) >= 11 is 0. The van der Waals surface area contributed by atoms with Crippen molar-refractivity contribution in [3.8, 4) is 11.5 Å². The van der Waals surface area contributed by atoms with Crippen LogP contribution < -0.4 is 0 Å². The van der Waals surface area contributed by atoms with E-state index in [0.717, 1.165) is 32.4 Å². The van der Waals surface area contributed by atoms with E-state index in [-0.39, 0.29) is 17.4 Å². The van der Waals surface area contributed by atoms with Crippen LogP contribution in [0, 0.1) is 6.92 Å². The maximum absolute atomic E-state index is 10.1. The molecule has 0 unspecified atom stereocenters. The van der Waals surface area contributed by atoms with Crippen molar-refractivity contribution >= 4 is 0 Å². The van der Waals surface area contributed by atoms with Crippen LogP contribution in [0.5, 0.6) is 11.5 Å². The standard InChI is InChI=1S/C21H25NO2/c1-3-8-22-12-15-9-13(2)4-6-16(15)21-17-11-20(24)19(23)10-14(17)5-7-18(21)22/h4,6,9-11,18,21,23-24H,3,5,7-8,12H2,1-2H3/t18-,21-/m0/s1. The second kappa shape index (κ2) is 5.82. The summed E-state index contributed by atoms with van der Waals surface area (Å²) in [6, 6.07) is 10.8. The fourth-order valence-electron chi connectivity index (χ4n) is 4.63. The lowest BCUT2D eigenvalue weighted by Gasteiger charge is -2.46. The first kappa shape index (κ1) is 15.5. The molecule has 2 aliphatic rings. The second-order valence-corrected chi connectivity index (χ2v) is 7.30. The molecule has 0 bridgehead atoms. The number of fused-ring (bicyclic) bond motifs is 5. The molecule has 3 nitrogen and oxygen atoms in total. The van der Waals surface area contributed by atoms with Gasteiger partial charge in [0, 0.05) is 18.5 Å². The fraction of sp³-hybridized carbons (Fsp3) is 0.429. The van der Waals surface area contributed by atoms with Gasteiger partial charge in [0.2, 0.25) is 0 Å². The van der Waals surface area contributed by atoms with Crippen LogP contribution in [0.3, 0.4) is 0 Å². The summed E-state index contributed by atoms with van der Waals surface area (Å²) in [6.45, 7) is 6.51. The van der Waals surface area contributed by atoms with E-state index in [1.54, 1.807) is 12.1 Å². The predicted octanol–water partition coefficient (Wildman–Crippen LogP) is 4.08. The summed E-state index contributed by atoms with van der Waals surface area (Å²) in [5.74, 6) is 0.282. The Balaban J connectivity index is 1.89. The van der Waals surface area contributed by atoms with E-state index < -0.39 is 0 Å². The van der Waals surface area contributed by atoms with Gasteiger partial charge in [-0.25, -0.2) is 0 Å². The molecule has 1 aliphatic heterocycles. The van der Waals surface area contributed by atoms with Crippen LogP contribution in [0.15, 0.2) is 30.3 Å². The zero-order chi connectivity index (χ0) is 16.8. The van der Waals surface area contributed by atoms with Gasteiger partial charge in [0.05, 0.1) is 0 Å². The molecule has 0 saturated heterocycles. The highest BCUT2D eigenvalue weighted by Gasteiger charge is 2.39. The lowest BCUT2D eigenvalue weighted by molar-refractivity contribution is 0.141. The van der Waals surface area contributed by atoms with Crippen LogP contribution in [-0.2, 0) is 13.0 Å². The molecule has 2 aromatic carbocycles. The molecule has 2 aromatic rings. The molecular weight excluding hydrogens is 298 g/mol. The molecule has 0 amide bonds. The van der Waals surface area contributed by atoms with E-state index in [2.05, 4.69) is 36.9 Å². The highest BCUT2D eigenvalue weighted by Crippen LogP contribution is 2.46. The normalized spacial score (nSPS) is 22.6. The molecule has 2 N–H and O–H groups in total. The minimum atomic E-state index is -0.00400. The summed E-state index contributed by atoms with van der Waals surface area (Å²) in [5, 5.41) is 19.9. The van der Waals surface area contributed by atoms with Gasteiger partial charge in [-0.1, -0.05) is 30.7 Å². The maximum Gasteiger partial charge on any atom is 0.157 e. The number of hydrogen-bond acceptors (Lipinski definition) is 3.